The van der Waals surface area contributed by atoms with Crippen LogP contribution >= 0.6 is 0 Å². The van der Waals surface area contributed by atoms with Crippen molar-refractivity contribution in [1.29, 1.82) is 0 Å². The van der Waals surface area contributed by atoms with E-state index in [0.29, 0.717) is 26.0 Å². The zero-order valence-electron chi connectivity index (χ0n) is 16.0. The molecule has 0 aromatic rings. The average molecular weight is 358 g/mol. The molecular weight excluding hydrogens is 318 g/mol. The third-order valence-corrected chi connectivity index (χ3v) is 4.40. The molecule has 0 atom stereocenters. The van der Waals surface area contributed by atoms with E-state index in [9.17, 15) is 9.59 Å². The Morgan fingerprint density at radius 2 is 1.00 bits per heavy atom. The molecule has 0 amide bonds. The molecule has 5 nitrogen and oxygen atoms in total. The summed E-state index contributed by atoms with van der Waals surface area (Å²) in [6, 6.07) is 0. The number of carboxylic acid groups (broad SMARTS) is 1. The van der Waals surface area contributed by atoms with Gasteiger partial charge in [-0.3, -0.25) is 9.59 Å². The predicted octanol–water partition coefficient (Wildman–Crippen LogP) is 4.81. The van der Waals surface area contributed by atoms with E-state index >= 15 is 0 Å². The highest BCUT2D eigenvalue weighted by atomic mass is 16.5. The van der Waals surface area contributed by atoms with E-state index < -0.39 is 5.97 Å². The third kappa shape index (κ3) is 20.9. The quantitative estimate of drug-likeness (QED) is 0.256. The van der Waals surface area contributed by atoms with Gasteiger partial charge >= 0.3 is 11.9 Å². The summed E-state index contributed by atoms with van der Waals surface area (Å²) >= 11 is 0. The van der Waals surface area contributed by atoms with Gasteiger partial charge in [0.1, 0.15) is 6.61 Å². The van der Waals surface area contributed by atoms with E-state index in [2.05, 4.69) is 0 Å². The number of unbranched alkanes of at least 4 members (excludes halogenated alkanes) is 13. The lowest BCUT2D eigenvalue weighted by Crippen LogP contribution is -2.13. The van der Waals surface area contributed by atoms with Gasteiger partial charge in [-0.05, 0) is 12.8 Å². The number of nitrogens with two attached hydrogens (primary N) is 1. The average Bonchev–Trinajstić information content (AvgIpc) is 2.59. The monoisotopic (exact) mass is 357 g/mol. The molecule has 0 saturated carbocycles. The number of rotatable bonds is 19. The molecule has 0 aliphatic heterocycles. The van der Waals surface area contributed by atoms with Crippen LogP contribution in [0, 0.1) is 0 Å². The van der Waals surface area contributed by atoms with Gasteiger partial charge in [-0.2, -0.15) is 0 Å². The maximum absolute atomic E-state index is 11.3. The number of carboxylic acids is 1. The zero-order valence-corrected chi connectivity index (χ0v) is 16.0. The van der Waals surface area contributed by atoms with E-state index in [4.69, 9.17) is 15.6 Å². The Kier molecular flexibility index (Phi) is 18.4. The van der Waals surface area contributed by atoms with E-state index in [-0.39, 0.29) is 5.97 Å². The Balaban J connectivity index is 3.07. The molecule has 0 saturated heterocycles. The van der Waals surface area contributed by atoms with E-state index in [1.807, 2.05) is 0 Å². The van der Waals surface area contributed by atoms with E-state index in [0.717, 1.165) is 25.7 Å². The Morgan fingerprint density at radius 1 is 0.640 bits per heavy atom. The molecule has 0 aliphatic rings. The molecule has 0 spiro atoms. The Hall–Kier alpha value is -1.10. The van der Waals surface area contributed by atoms with Gasteiger partial charge in [-0.25, -0.2) is 0 Å². The molecule has 148 valence electrons. The van der Waals surface area contributed by atoms with Crippen LogP contribution in [-0.4, -0.2) is 30.2 Å². The predicted molar refractivity (Wildman–Crippen MR) is 102 cm³/mol. The summed E-state index contributed by atoms with van der Waals surface area (Å²) < 4.78 is 4.93. The van der Waals surface area contributed by atoms with Crippen LogP contribution in [0.25, 0.3) is 0 Å². The van der Waals surface area contributed by atoms with Crippen molar-refractivity contribution in [3.8, 4) is 0 Å². The first-order chi connectivity index (χ1) is 12.2. The molecule has 0 rings (SSSR count). The number of aliphatic carboxylic acids is 1. The van der Waals surface area contributed by atoms with Crippen LogP contribution < -0.4 is 5.73 Å². The second-order valence-electron chi connectivity index (χ2n) is 6.85. The summed E-state index contributed by atoms with van der Waals surface area (Å²) in [6.07, 6.45) is 17.5. The number of hydrogen-bond acceptors (Lipinski definition) is 4. The molecule has 3 N–H and O–H groups in total. The van der Waals surface area contributed by atoms with Crippen LogP contribution in [0.4, 0.5) is 0 Å². The first-order valence-electron chi connectivity index (χ1n) is 10.2. The minimum absolute atomic E-state index is 0.118. The van der Waals surface area contributed by atoms with Crippen molar-refractivity contribution in [2.45, 2.75) is 103 Å². The molecule has 0 fully saturated rings. The summed E-state index contributed by atoms with van der Waals surface area (Å²) in [5, 5.41) is 8.55. The van der Waals surface area contributed by atoms with Crippen LogP contribution in [0.1, 0.15) is 103 Å². The summed E-state index contributed by atoms with van der Waals surface area (Å²) in [7, 11) is 0. The SMILES string of the molecule is NCCOC(=O)CCCCCCCCCCCCCCCCC(=O)O. The summed E-state index contributed by atoms with van der Waals surface area (Å²) in [5.74, 6) is -0.794. The van der Waals surface area contributed by atoms with Crippen molar-refractivity contribution >= 4 is 11.9 Å². The zero-order chi connectivity index (χ0) is 18.6. The Labute approximate surface area is 153 Å². The van der Waals surface area contributed by atoms with E-state index in [1.54, 1.807) is 0 Å². The Morgan fingerprint density at radius 3 is 1.36 bits per heavy atom. The summed E-state index contributed by atoms with van der Waals surface area (Å²) in [5.41, 5.74) is 5.28. The lowest BCUT2D eigenvalue weighted by atomic mass is 10.0. The Bertz CT molecular complexity index is 321. The number of carbonyl (C=O) groups excluding carboxylic acids is 1. The molecule has 25 heavy (non-hydrogen) atoms. The molecule has 5 heteroatoms. The van der Waals surface area contributed by atoms with Crippen molar-refractivity contribution in [3.05, 3.63) is 0 Å². The minimum Gasteiger partial charge on any atom is -0.481 e. The lowest BCUT2D eigenvalue weighted by Gasteiger charge is -2.04. The van der Waals surface area contributed by atoms with Gasteiger partial charge < -0.3 is 15.6 Å². The maximum Gasteiger partial charge on any atom is 0.305 e. The largest absolute Gasteiger partial charge is 0.481 e. The minimum atomic E-state index is -0.676. The van der Waals surface area contributed by atoms with Crippen LogP contribution in [-0.2, 0) is 14.3 Å². The van der Waals surface area contributed by atoms with Gasteiger partial charge in [0.25, 0.3) is 0 Å². The highest BCUT2D eigenvalue weighted by molar-refractivity contribution is 5.69. The highest BCUT2D eigenvalue weighted by Gasteiger charge is 2.01. The van der Waals surface area contributed by atoms with Crippen LogP contribution in [0.15, 0.2) is 0 Å². The van der Waals surface area contributed by atoms with E-state index in [1.165, 1.54) is 64.2 Å². The van der Waals surface area contributed by atoms with Crippen LogP contribution in [0.5, 0.6) is 0 Å². The highest BCUT2D eigenvalue weighted by Crippen LogP contribution is 2.13. The van der Waals surface area contributed by atoms with Crippen LogP contribution in [0.2, 0.25) is 0 Å². The molecule has 0 aromatic carbocycles. The first kappa shape index (κ1) is 23.9. The number of carbonyl (C=O) groups is 2. The molecular formula is C20H39NO4. The van der Waals surface area contributed by atoms with Gasteiger partial charge in [0.2, 0.25) is 0 Å². The molecule has 0 aromatic heterocycles. The fourth-order valence-electron chi connectivity index (χ4n) is 2.91. The van der Waals surface area contributed by atoms with Crippen molar-refractivity contribution in [1.82, 2.24) is 0 Å². The first-order valence-corrected chi connectivity index (χ1v) is 10.2. The summed E-state index contributed by atoms with van der Waals surface area (Å²) in [4.78, 5) is 21.6. The van der Waals surface area contributed by atoms with Gasteiger partial charge in [0, 0.05) is 19.4 Å². The smallest absolute Gasteiger partial charge is 0.305 e. The molecule has 0 heterocycles. The fraction of sp³-hybridized carbons (Fsp3) is 0.900. The maximum atomic E-state index is 11.3. The lowest BCUT2D eigenvalue weighted by molar-refractivity contribution is -0.143. The second kappa shape index (κ2) is 19.2. The van der Waals surface area contributed by atoms with Crippen molar-refractivity contribution in [2.75, 3.05) is 13.2 Å². The topological polar surface area (TPSA) is 89.6 Å². The van der Waals surface area contributed by atoms with Crippen LogP contribution in [0.3, 0.4) is 0 Å². The second-order valence-corrected chi connectivity index (χ2v) is 6.85. The normalized spacial score (nSPS) is 10.8. The van der Waals surface area contributed by atoms with Crippen molar-refractivity contribution in [2.24, 2.45) is 5.73 Å². The molecule has 0 bridgehead atoms. The van der Waals surface area contributed by atoms with Gasteiger partial charge in [0.15, 0.2) is 0 Å². The molecule has 0 radical (unpaired) electrons. The van der Waals surface area contributed by atoms with Gasteiger partial charge in [-0.1, -0.05) is 77.0 Å². The molecule has 0 aliphatic carbocycles. The van der Waals surface area contributed by atoms with Crippen molar-refractivity contribution in [3.63, 3.8) is 0 Å². The molecule has 0 unspecified atom stereocenters. The summed E-state index contributed by atoms with van der Waals surface area (Å²) in [6.45, 7) is 0.738. The van der Waals surface area contributed by atoms with Gasteiger partial charge in [0.05, 0.1) is 0 Å². The number of ether oxygens (including phenoxy) is 1. The van der Waals surface area contributed by atoms with Gasteiger partial charge in [-0.15, -0.1) is 0 Å². The third-order valence-electron chi connectivity index (χ3n) is 4.40. The number of esters is 1. The standard InChI is InChI=1S/C20H39NO4/c21-17-18-25-20(24)16-14-12-10-8-6-4-2-1-3-5-7-9-11-13-15-19(22)23/h1-18,21H2,(H,22,23). The fourth-order valence-corrected chi connectivity index (χ4v) is 2.91. The number of hydrogen-bond donors (Lipinski definition) is 2. The van der Waals surface area contributed by atoms with Crippen molar-refractivity contribution < 1.29 is 19.4 Å².